The van der Waals surface area contributed by atoms with Crippen LogP contribution in [-0.2, 0) is 7.05 Å². The summed E-state index contributed by atoms with van der Waals surface area (Å²) in [5.74, 6) is -0.769. The van der Waals surface area contributed by atoms with Crippen molar-refractivity contribution in [1.82, 2.24) is 0 Å². The monoisotopic (exact) mass is 636 g/mol. The zero-order valence-corrected chi connectivity index (χ0v) is 29.6. The quantitative estimate of drug-likeness (QED) is 0.105. The van der Waals surface area contributed by atoms with Gasteiger partial charge in [0.15, 0.2) is 11.9 Å². The molecule has 0 aliphatic heterocycles. The highest BCUT2D eigenvalue weighted by atomic mass is 28.3. The second-order valence-electron chi connectivity index (χ2n) is 15.1. The molecule has 0 radical (unpaired) electrons. The second kappa shape index (κ2) is 11.7. The highest BCUT2D eigenvalue weighted by Crippen LogP contribution is 2.45. The van der Waals surface area contributed by atoms with Gasteiger partial charge in [-0.3, -0.25) is 0 Å². The molecule has 4 heteroatoms. The van der Waals surface area contributed by atoms with E-state index in [2.05, 4.69) is 81.3 Å². The van der Waals surface area contributed by atoms with Gasteiger partial charge in [0.05, 0.1) is 23.0 Å². The number of nitrogens with zero attached hydrogens (tertiary/aromatic N) is 2. The SMILES string of the molecule is [2H]c1cc(C2([2H])CCC(C)(C)CC2)cc([2H])c1-c1cc(-c2c(C)ccc3c2oc2c(-c4ccccc4)c([N+]#[C-])ccc23)[n+](C)cc1[Si](C)(C)C. The number of hydrogen-bond acceptors (Lipinski definition) is 1. The third kappa shape index (κ3) is 5.61. The molecule has 1 saturated carbocycles. The Morgan fingerprint density at radius 2 is 1.53 bits per heavy atom. The lowest BCUT2D eigenvalue weighted by molar-refractivity contribution is -0.659. The molecule has 0 atom stereocenters. The van der Waals surface area contributed by atoms with Crippen molar-refractivity contribution in [2.75, 3.05) is 0 Å². The summed E-state index contributed by atoms with van der Waals surface area (Å²) < 4.78 is 37.1. The number of fused-ring (bicyclic) bond motifs is 3. The van der Waals surface area contributed by atoms with Crippen LogP contribution in [0.3, 0.4) is 0 Å². The molecule has 6 aromatic rings. The van der Waals surface area contributed by atoms with Gasteiger partial charge in [-0.15, -0.1) is 0 Å². The van der Waals surface area contributed by atoms with E-state index in [0.29, 0.717) is 28.9 Å². The van der Waals surface area contributed by atoms with E-state index in [1.165, 1.54) is 5.19 Å². The van der Waals surface area contributed by atoms with Crippen LogP contribution in [0.5, 0.6) is 0 Å². The fourth-order valence-corrected chi connectivity index (χ4v) is 8.84. The van der Waals surface area contributed by atoms with Gasteiger partial charge < -0.3 is 4.42 Å². The summed E-state index contributed by atoms with van der Waals surface area (Å²) in [5.41, 5.74) is 9.23. The third-order valence-corrected chi connectivity index (χ3v) is 12.2. The lowest BCUT2D eigenvalue weighted by Crippen LogP contribution is -2.46. The van der Waals surface area contributed by atoms with Crippen molar-refractivity contribution >= 4 is 40.9 Å². The zero-order valence-electron chi connectivity index (χ0n) is 31.6. The maximum Gasteiger partial charge on any atom is 0.216 e. The van der Waals surface area contributed by atoms with Crippen LogP contribution < -0.4 is 9.75 Å². The Hall–Kier alpha value is -4.46. The van der Waals surface area contributed by atoms with Crippen molar-refractivity contribution in [2.24, 2.45) is 12.5 Å². The summed E-state index contributed by atoms with van der Waals surface area (Å²) in [6.45, 7) is 21.5. The summed E-state index contributed by atoms with van der Waals surface area (Å²) in [6, 6.07) is 24.6. The molecule has 47 heavy (non-hydrogen) atoms. The molecule has 3 nitrogen and oxygen atoms in total. The van der Waals surface area contributed by atoms with Crippen LogP contribution in [0, 0.1) is 18.9 Å². The van der Waals surface area contributed by atoms with Crippen LogP contribution in [0.25, 0.3) is 60.3 Å². The molecule has 4 aromatic carbocycles. The molecule has 1 aliphatic carbocycles. The minimum Gasteiger partial charge on any atom is -0.456 e. The molecule has 0 amide bonds. The smallest absolute Gasteiger partial charge is 0.216 e. The molecule has 2 aromatic heterocycles. The zero-order chi connectivity index (χ0) is 35.7. The van der Waals surface area contributed by atoms with Crippen LogP contribution in [0.4, 0.5) is 5.69 Å². The predicted octanol–water partition coefficient (Wildman–Crippen LogP) is 11.5. The van der Waals surface area contributed by atoms with Crippen molar-refractivity contribution < 1.29 is 13.1 Å². The molecule has 0 spiro atoms. The Labute approximate surface area is 284 Å². The predicted molar refractivity (Wildman–Crippen MR) is 200 cm³/mol. The van der Waals surface area contributed by atoms with Crippen LogP contribution in [0.15, 0.2) is 95.5 Å². The summed E-state index contributed by atoms with van der Waals surface area (Å²) in [4.78, 5) is 3.86. The first-order valence-corrected chi connectivity index (χ1v) is 20.2. The average Bonchev–Trinajstić information content (AvgIpc) is 3.44. The number of pyridine rings is 1. The average molecular weight is 637 g/mol. The molecule has 0 bridgehead atoms. The first-order valence-electron chi connectivity index (χ1n) is 18.2. The first-order chi connectivity index (χ1) is 23.6. The van der Waals surface area contributed by atoms with Crippen molar-refractivity contribution in [3.05, 3.63) is 114 Å². The van der Waals surface area contributed by atoms with Gasteiger partial charge in [0.2, 0.25) is 5.69 Å². The molecule has 0 N–H and O–H groups in total. The Morgan fingerprint density at radius 1 is 0.894 bits per heavy atom. The van der Waals surface area contributed by atoms with E-state index in [4.69, 9.17) is 11.0 Å². The molecule has 236 valence electrons. The largest absolute Gasteiger partial charge is 0.456 e. The number of benzene rings is 4. The van der Waals surface area contributed by atoms with E-state index < -0.39 is 14.0 Å². The van der Waals surface area contributed by atoms with Crippen LogP contribution >= 0.6 is 0 Å². The number of furan rings is 1. The summed E-state index contributed by atoms with van der Waals surface area (Å²) >= 11 is 0. The summed E-state index contributed by atoms with van der Waals surface area (Å²) in [5, 5.41) is 3.12. The van der Waals surface area contributed by atoms with E-state index in [9.17, 15) is 4.11 Å². The van der Waals surface area contributed by atoms with E-state index in [-0.39, 0.29) is 5.41 Å². The minimum atomic E-state index is -1.96. The van der Waals surface area contributed by atoms with E-state index in [0.717, 1.165) is 81.1 Å². The molecule has 1 fully saturated rings. The van der Waals surface area contributed by atoms with E-state index in [1.807, 2.05) is 54.6 Å². The molecule has 7 rings (SSSR count). The van der Waals surface area contributed by atoms with Gasteiger partial charge in [-0.1, -0.05) is 112 Å². The Balaban J connectivity index is 1.46. The molecule has 0 unspecified atom stereocenters. The molecule has 0 saturated heterocycles. The lowest BCUT2D eigenvalue weighted by Gasteiger charge is -2.34. The Kier molecular flexibility index (Phi) is 6.85. The van der Waals surface area contributed by atoms with Gasteiger partial charge in [0.1, 0.15) is 18.2 Å². The Morgan fingerprint density at radius 3 is 2.17 bits per heavy atom. The van der Waals surface area contributed by atoms with Crippen molar-refractivity contribution in [3.63, 3.8) is 0 Å². The van der Waals surface area contributed by atoms with Gasteiger partial charge in [0, 0.05) is 29.0 Å². The lowest BCUT2D eigenvalue weighted by atomic mass is 9.71. The fourth-order valence-electron chi connectivity index (χ4n) is 7.25. The van der Waals surface area contributed by atoms with Gasteiger partial charge in [-0.25, -0.2) is 9.41 Å². The molecular formula is C43H45N2OSi+. The van der Waals surface area contributed by atoms with Gasteiger partial charge >= 0.3 is 0 Å². The minimum absolute atomic E-state index is 0.226. The topological polar surface area (TPSA) is 21.4 Å². The second-order valence-corrected chi connectivity index (χ2v) is 20.1. The Bertz CT molecular complexity index is 2330. The fraction of sp³-hybridized carbons (Fsp3) is 0.302. The van der Waals surface area contributed by atoms with Gasteiger partial charge in [-0.05, 0) is 71.7 Å². The number of aromatic nitrogens is 1. The van der Waals surface area contributed by atoms with Crippen molar-refractivity contribution in [3.8, 4) is 33.5 Å². The van der Waals surface area contributed by atoms with Crippen molar-refractivity contribution in [2.45, 2.75) is 72.0 Å². The first kappa shape index (κ1) is 27.6. The third-order valence-electron chi connectivity index (χ3n) is 10.1. The van der Waals surface area contributed by atoms with Crippen LogP contribution in [-0.4, -0.2) is 8.07 Å². The highest BCUT2D eigenvalue weighted by Gasteiger charge is 2.30. The standard InChI is InChI=1S/C43H45N2OSi/c1-28-14-19-33-34-20-21-36(44-4)40(32-12-10-9-11-13-32)42(34)46-41(33)39(28)37-26-35(38(27-45(37)5)47(6,7)8)31-17-15-29(16-18-31)30-22-24-43(2,3)25-23-30/h9-21,26-27,30H,22-25H2,1-3,5-8H3/q+1/i17D,18D,30D. The highest BCUT2D eigenvalue weighted by molar-refractivity contribution is 6.89. The maximum absolute atomic E-state index is 9.37. The normalized spacial score (nSPS) is 16.9. The van der Waals surface area contributed by atoms with Crippen LogP contribution in [0.2, 0.25) is 19.6 Å². The molecule has 1 aliphatic rings. The molecular weight excluding hydrogens is 589 g/mol. The number of aryl methyl sites for hydroxylation is 2. The van der Waals surface area contributed by atoms with E-state index in [1.54, 1.807) is 0 Å². The molecule has 2 heterocycles. The number of rotatable bonds is 5. The van der Waals surface area contributed by atoms with E-state index >= 15 is 0 Å². The maximum atomic E-state index is 9.37. The number of hydrogen-bond donors (Lipinski definition) is 0. The van der Waals surface area contributed by atoms with Gasteiger partial charge in [0.25, 0.3) is 0 Å². The summed E-state index contributed by atoms with van der Waals surface area (Å²) in [7, 11) is 0.103. The van der Waals surface area contributed by atoms with Crippen LogP contribution in [0.1, 0.15) is 60.7 Å². The summed E-state index contributed by atoms with van der Waals surface area (Å²) in [6.07, 6.45) is 5.62. The van der Waals surface area contributed by atoms with Gasteiger partial charge in [-0.2, -0.15) is 0 Å². The van der Waals surface area contributed by atoms with Crippen molar-refractivity contribution in [1.29, 1.82) is 0 Å².